The van der Waals surface area contributed by atoms with Crippen molar-refractivity contribution in [1.29, 1.82) is 0 Å². The quantitative estimate of drug-likeness (QED) is 0.677. The molecule has 128 valence electrons. The molecular weight excluding hydrogens is 288 g/mol. The highest BCUT2D eigenvalue weighted by atomic mass is 16.1. The molecule has 5 nitrogen and oxygen atoms in total. The Morgan fingerprint density at radius 1 is 1.13 bits per heavy atom. The zero-order chi connectivity index (χ0) is 15.9. The van der Waals surface area contributed by atoms with Gasteiger partial charge >= 0.3 is 0 Å². The second kappa shape index (κ2) is 8.48. The van der Waals surface area contributed by atoms with E-state index in [1.54, 1.807) is 0 Å². The summed E-state index contributed by atoms with van der Waals surface area (Å²) in [5, 5.41) is 13.8. The first-order valence-corrected chi connectivity index (χ1v) is 9.34. The van der Waals surface area contributed by atoms with Crippen LogP contribution in [0.1, 0.15) is 69.8 Å². The lowest BCUT2D eigenvalue weighted by Gasteiger charge is -2.40. The Bertz CT molecular complexity index is 465. The van der Waals surface area contributed by atoms with Crippen molar-refractivity contribution in [3.63, 3.8) is 0 Å². The average Bonchev–Trinajstić information content (AvgIpc) is 2.91. The summed E-state index contributed by atoms with van der Waals surface area (Å²) >= 11 is 0. The van der Waals surface area contributed by atoms with E-state index in [4.69, 9.17) is 0 Å². The van der Waals surface area contributed by atoms with Crippen LogP contribution in [0.25, 0.3) is 0 Å². The van der Waals surface area contributed by atoms with Gasteiger partial charge in [0.15, 0.2) is 0 Å². The lowest BCUT2D eigenvalue weighted by atomic mass is 9.85. The van der Waals surface area contributed by atoms with Crippen molar-refractivity contribution in [1.82, 2.24) is 20.8 Å². The standard InChI is InChI=1S/C18H30N4O/c23-18(9-5-6-14-12-19-20-13-14)22-17-11-10-16(17)21-15-7-3-1-2-4-8-15/h12-13,15-17,21H,1-11H2,(H,19,20)(H,22,23)/t16-,17+/m0/s1. The van der Waals surface area contributed by atoms with Crippen molar-refractivity contribution in [2.45, 2.75) is 88.8 Å². The van der Waals surface area contributed by atoms with E-state index in [1.165, 1.54) is 50.5 Å². The van der Waals surface area contributed by atoms with Gasteiger partial charge in [-0.2, -0.15) is 5.10 Å². The van der Waals surface area contributed by atoms with Crippen LogP contribution in [0.5, 0.6) is 0 Å². The molecule has 0 unspecified atom stereocenters. The predicted molar refractivity (Wildman–Crippen MR) is 91.1 cm³/mol. The Morgan fingerprint density at radius 2 is 1.91 bits per heavy atom. The van der Waals surface area contributed by atoms with Crippen molar-refractivity contribution in [2.75, 3.05) is 0 Å². The van der Waals surface area contributed by atoms with Crippen LogP contribution in [0.3, 0.4) is 0 Å². The number of nitrogens with zero attached hydrogens (tertiary/aromatic N) is 1. The van der Waals surface area contributed by atoms with E-state index in [0.29, 0.717) is 24.5 Å². The Morgan fingerprint density at radius 3 is 2.57 bits per heavy atom. The number of aromatic nitrogens is 2. The highest BCUT2D eigenvalue weighted by Gasteiger charge is 2.33. The second-order valence-corrected chi connectivity index (χ2v) is 7.17. The molecule has 0 aliphatic heterocycles. The molecular formula is C18H30N4O. The van der Waals surface area contributed by atoms with Gasteiger partial charge in [0.1, 0.15) is 0 Å². The molecule has 2 aliphatic rings. The Hall–Kier alpha value is -1.36. The van der Waals surface area contributed by atoms with E-state index in [-0.39, 0.29) is 5.91 Å². The predicted octanol–water partition coefficient (Wildman–Crippen LogP) is 2.69. The third kappa shape index (κ3) is 5.06. The van der Waals surface area contributed by atoms with E-state index < -0.39 is 0 Å². The third-order valence-corrected chi connectivity index (χ3v) is 5.35. The van der Waals surface area contributed by atoms with Crippen molar-refractivity contribution in [3.8, 4) is 0 Å². The highest BCUT2D eigenvalue weighted by Crippen LogP contribution is 2.24. The van der Waals surface area contributed by atoms with Crippen LogP contribution in [0.2, 0.25) is 0 Å². The molecule has 5 heteroatoms. The summed E-state index contributed by atoms with van der Waals surface area (Å²) in [6, 6.07) is 1.51. The number of rotatable bonds is 7. The molecule has 2 atom stereocenters. The van der Waals surface area contributed by atoms with E-state index in [0.717, 1.165) is 19.3 Å². The summed E-state index contributed by atoms with van der Waals surface area (Å²) in [5.41, 5.74) is 1.18. The van der Waals surface area contributed by atoms with Crippen molar-refractivity contribution >= 4 is 5.91 Å². The maximum absolute atomic E-state index is 12.1. The Balaban J connectivity index is 1.33. The van der Waals surface area contributed by atoms with E-state index in [1.807, 2.05) is 12.4 Å². The van der Waals surface area contributed by atoms with Crippen LogP contribution >= 0.6 is 0 Å². The molecule has 1 heterocycles. The minimum Gasteiger partial charge on any atom is -0.352 e. The maximum atomic E-state index is 12.1. The summed E-state index contributed by atoms with van der Waals surface area (Å²) in [4.78, 5) is 12.1. The zero-order valence-corrected chi connectivity index (χ0v) is 14.0. The molecule has 1 aromatic rings. The molecule has 0 radical (unpaired) electrons. The van der Waals surface area contributed by atoms with Gasteiger partial charge in [-0.25, -0.2) is 0 Å². The lowest BCUT2D eigenvalue weighted by molar-refractivity contribution is -0.122. The summed E-state index contributed by atoms with van der Waals surface area (Å²) in [6.45, 7) is 0. The fourth-order valence-corrected chi connectivity index (χ4v) is 3.77. The summed E-state index contributed by atoms with van der Waals surface area (Å²) < 4.78 is 0. The molecule has 1 aromatic heterocycles. The van der Waals surface area contributed by atoms with E-state index in [2.05, 4.69) is 20.8 Å². The van der Waals surface area contributed by atoms with Gasteiger partial charge in [0.25, 0.3) is 0 Å². The molecule has 1 amide bonds. The molecule has 2 saturated carbocycles. The molecule has 3 rings (SSSR count). The molecule has 2 fully saturated rings. The largest absolute Gasteiger partial charge is 0.352 e. The first-order chi connectivity index (χ1) is 11.3. The van der Waals surface area contributed by atoms with Gasteiger partial charge in [-0.05, 0) is 44.1 Å². The van der Waals surface area contributed by atoms with Crippen LogP contribution in [-0.4, -0.2) is 34.2 Å². The van der Waals surface area contributed by atoms with E-state index >= 15 is 0 Å². The first-order valence-electron chi connectivity index (χ1n) is 9.34. The smallest absolute Gasteiger partial charge is 0.220 e. The summed E-state index contributed by atoms with van der Waals surface area (Å²) in [7, 11) is 0. The number of aromatic amines is 1. The Kier molecular flexibility index (Phi) is 6.08. The lowest BCUT2D eigenvalue weighted by Crippen LogP contribution is -2.58. The van der Waals surface area contributed by atoms with Gasteiger partial charge in [-0.1, -0.05) is 25.7 Å². The molecule has 0 bridgehead atoms. The van der Waals surface area contributed by atoms with Gasteiger partial charge < -0.3 is 10.6 Å². The molecule has 0 aromatic carbocycles. The molecule has 23 heavy (non-hydrogen) atoms. The van der Waals surface area contributed by atoms with Crippen molar-refractivity contribution < 1.29 is 4.79 Å². The van der Waals surface area contributed by atoms with Gasteiger partial charge in [0.05, 0.1) is 6.20 Å². The second-order valence-electron chi connectivity index (χ2n) is 7.17. The molecule has 0 spiro atoms. The number of carbonyl (C=O) groups excluding carboxylic acids is 1. The van der Waals surface area contributed by atoms with Gasteiger partial charge in [0.2, 0.25) is 5.91 Å². The monoisotopic (exact) mass is 318 g/mol. The Labute approximate surface area is 139 Å². The van der Waals surface area contributed by atoms with E-state index in [9.17, 15) is 4.79 Å². The van der Waals surface area contributed by atoms with Crippen LogP contribution in [0, 0.1) is 0 Å². The molecule has 3 N–H and O–H groups in total. The third-order valence-electron chi connectivity index (χ3n) is 5.35. The van der Waals surface area contributed by atoms with Crippen molar-refractivity contribution in [2.24, 2.45) is 0 Å². The first kappa shape index (κ1) is 16.5. The van der Waals surface area contributed by atoms with Crippen molar-refractivity contribution in [3.05, 3.63) is 18.0 Å². The number of hydrogen-bond acceptors (Lipinski definition) is 3. The van der Waals surface area contributed by atoms with Crippen LogP contribution < -0.4 is 10.6 Å². The average molecular weight is 318 g/mol. The number of amides is 1. The SMILES string of the molecule is O=C(CCCc1cn[nH]c1)N[C@@H]1CC[C@@H]1NC1CCCCCC1. The normalized spacial score (nSPS) is 25.6. The van der Waals surface area contributed by atoms with Gasteiger partial charge in [-0.15, -0.1) is 0 Å². The number of H-pyrrole nitrogens is 1. The minimum atomic E-state index is 0.200. The molecule has 0 saturated heterocycles. The highest BCUT2D eigenvalue weighted by molar-refractivity contribution is 5.76. The zero-order valence-electron chi connectivity index (χ0n) is 14.0. The summed E-state index contributed by atoms with van der Waals surface area (Å²) in [5.74, 6) is 0.200. The number of hydrogen-bond donors (Lipinski definition) is 3. The fourth-order valence-electron chi connectivity index (χ4n) is 3.77. The number of nitrogens with one attached hydrogen (secondary N) is 3. The number of aryl methyl sites for hydroxylation is 1. The van der Waals surface area contributed by atoms with Crippen LogP contribution in [0.15, 0.2) is 12.4 Å². The topological polar surface area (TPSA) is 69.8 Å². The fraction of sp³-hybridized carbons (Fsp3) is 0.778. The minimum absolute atomic E-state index is 0.200. The maximum Gasteiger partial charge on any atom is 0.220 e. The summed E-state index contributed by atoms with van der Waals surface area (Å²) in [6.07, 6.45) is 16.6. The van der Waals surface area contributed by atoms with Crippen LogP contribution in [0.4, 0.5) is 0 Å². The molecule has 2 aliphatic carbocycles. The number of carbonyl (C=O) groups is 1. The van der Waals surface area contributed by atoms with Crippen LogP contribution in [-0.2, 0) is 11.2 Å². The van der Waals surface area contributed by atoms with Gasteiger partial charge in [0, 0.05) is 30.7 Å². The van der Waals surface area contributed by atoms with Gasteiger partial charge in [-0.3, -0.25) is 9.89 Å².